The van der Waals surface area contributed by atoms with Crippen molar-refractivity contribution in [3.8, 4) is 12.3 Å². The number of hydrogen-bond acceptors (Lipinski definition) is 3. The van der Waals surface area contributed by atoms with Crippen LogP contribution in [0.15, 0.2) is 0 Å². The Morgan fingerprint density at radius 1 is 1.14 bits per heavy atom. The van der Waals surface area contributed by atoms with Crippen LogP contribution in [-0.2, 0) is 9.47 Å². The van der Waals surface area contributed by atoms with E-state index in [0.717, 1.165) is 39.0 Å². The van der Waals surface area contributed by atoms with Gasteiger partial charge in [0.2, 0.25) is 0 Å². The Morgan fingerprint density at radius 2 is 1.93 bits per heavy atom. The highest BCUT2D eigenvalue weighted by Gasteiger charge is 1.89. The lowest BCUT2D eigenvalue weighted by atomic mass is 10.3. The second-order valence-corrected chi connectivity index (χ2v) is 3.02. The molecule has 0 saturated carbocycles. The molecule has 0 aliphatic carbocycles. The quantitative estimate of drug-likeness (QED) is 0.421. The Morgan fingerprint density at radius 3 is 2.64 bits per heavy atom. The fourth-order valence-corrected chi connectivity index (χ4v) is 0.984. The van der Waals surface area contributed by atoms with E-state index in [0.29, 0.717) is 13.2 Å². The van der Waals surface area contributed by atoms with Crippen molar-refractivity contribution in [2.24, 2.45) is 0 Å². The van der Waals surface area contributed by atoms with Gasteiger partial charge < -0.3 is 14.8 Å². The predicted octanol–water partition coefficient (Wildman–Crippen LogP) is 1.04. The first-order valence-electron chi connectivity index (χ1n) is 5.12. The normalized spacial score (nSPS) is 10.0. The summed E-state index contributed by atoms with van der Waals surface area (Å²) in [4.78, 5) is 0. The van der Waals surface area contributed by atoms with Gasteiger partial charge in [0.25, 0.3) is 0 Å². The molecule has 0 atom stereocenters. The minimum atomic E-state index is 0.676. The smallest absolute Gasteiger partial charge is 0.0700 e. The molecule has 0 aliphatic rings. The SMILES string of the molecule is C#CCCCNCCCOCCOC. The minimum Gasteiger partial charge on any atom is -0.382 e. The van der Waals surface area contributed by atoms with Crippen molar-refractivity contribution < 1.29 is 9.47 Å². The lowest BCUT2D eigenvalue weighted by Gasteiger charge is -2.04. The number of hydrogen-bond donors (Lipinski definition) is 1. The largest absolute Gasteiger partial charge is 0.382 e. The molecule has 0 bridgehead atoms. The maximum absolute atomic E-state index is 5.30. The van der Waals surface area contributed by atoms with E-state index >= 15 is 0 Å². The molecule has 0 radical (unpaired) electrons. The number of rotatable bonds is 10. The predicted molar refractivity (Wildman–Crippen MR) is 58.2 cm³/mol. The molecule has 0 saturated heterocycles. The second kappa shape index (κ2) is 12.4. The summed E-state index contributed by atoms with van der Waals surface area (Å²) in [7, 11) is 1.68. The van der Waals surface area contributed by atoms with E-state index in [1.54, 1.807) is 7.11 Å². The van der Waals surface area contributed by atoms with Gasteiger partial charge >= 0.3 is 0 Å². The minimum absolute atomic E-state index is 0.676. The van der Waals surface area contributed by atoms with Crippen LogP contribution >= 0.6 is 0 Å². The molecular formula is C11H21NO2. The third kappa shape index (κ3) is 11.4. The van der Waals surface area contributed by atoms with Gasteiger partial charge in [-0.3, -0.25) is 0 Å². The number of methoxy groups -OCH3 is 1. The standard InChI is InChI=1S/C11H21NO2/c1-3-4-5-7-12-8-6-9-14-11-10-13-2/h1,12H,4-11H2,2H3. The highest BCUT2D eigenvalue weighted by atomic mass is 16.5. The molecule has 14 heavy (non-hydrogen) atoms. The lowest BCUT2D eigenvalue weighted by Crippen LogP contribution is -2.18. The van der Waals surface area contributed by atoms with Crippen LogP contribution in [0.1, 0.15) is 19.3 Å². The second-order valence-electron chi connectivity index (χ2n) is 3.02. The first kappa shape index (κ1) is 13.4. The number of unbranched alkanes of at least 4 members (excludes halogenated alkanes) is 1. The summed E-state index contributed by atoms with van der Waals surface area (Å²) in [5, 5.41) is 3.30. The van der Waals surface area contributed by atoms with Crippen LogP contribution in [0.5, 0.6) is 0 Å². The van der Waals surface area contributed by atoms with Crippen LogP contribution in [0, 0.1) is 12.3 Å². The Bertz CT molecular complexity index is 143. The molecule has 0 rings (SSSR count). The van der Waals surface area contributed by atoms with E-state index in [-0.39, 0.29) is 0 Å². The first-order valence-corrected chi connectivity index (χ1v) is 5.12. The van der Waals surface area contributed by atoms with Gasteiger partial charge in [-0.25, -0.2) is 0 Å². The van der Waals surface area contributed by atoms with Gasteiger partial charge in [-0.15, -0.1) is 12.3 Å². The molecule has 3 heteroatoms. The summed E-state index contributed by atoms with van der Waals surface area (Å²) < 4.78 is 10.2. The van der Waals surface area contributed by atoms with Crippen molar-refractivity contribution in [3.63, 3.8) is 0 Å². The Kier molecular flexibility index (Phi) is 11.9. The van der Waals surface area contributed by atoms with Crippen LogP contribution in [0.3, 0.4) is 0 Å². The maximum atomic E-state index is 5.30. The molecular weight excluding hydrogens is 178 g/mol. The van der Waals surface area contributed by atoms with E-state index in [1.165, 1.54) is 0 Å². The summed E-state index contributed by atoms with van der Waals surface area (Å²) in [6.07, 6.45) is 8.08. The molecule has 0 aromatic rings. The molecule has 0 unspecified atom stereocenters. The van der Waals surface area contributed by atoms with E-state index in [2.05, 4.69) is 11.2 Å². The summed E-state index contributed by atoms with van der Waals surface area (Å²) in [6.45, 7) is 4.16. The van der Waals surface area contributed by atoms with Crippen molar-refractivity contribution in [2.75, 3.05) is 40.0 Å². The van der Waals surface area contributed by atoms with E-state index in [4.69, 9.17) is 15.9 Å². The Balaban J connectivity index is 2.82. The van der Waals surface area contributed by atoms with Crippen LogP contribution in [0.25, 0.3) is 0 Å². The molecule has 82 valence electrons. The molecule has 0 fully saturated rings. The maximum Gasteiger partial charge on any atom is 0.0700 e. The monoisotopic (exact) mass is 199 g/mol. The number of terminal acetylenes is 1. The van der Waals surface area contributed by atoms with E-state index in [9.17, 15) is 0 Å². The van der Waals surface area contributed by atoms with Gasteiger partial charge in [-0.05, 0) is 25.9 Å². The van der Waals surface area contributed by atoms with Crippen LogP contribution in [0.2, 0.25) is 0 Å². The first-order chi connectivity index (χ1) is 6.91. The van der Waals surface area contributed by atoms with E-state index in [1.807, 2.05) is 0 Å². The lowest BCUT2D eigenvalue weighted by molar-refractivity contribution is 0.0695. The Hall–Kier alpha value is -0.560. The van der Waals surface area contributed by atoms with E-state index < -0.39 is 0 Å². The van der Waals surface area contributed by atoms with Gasteiger partial charge in [-0.1, -0.05) is 0 Å². The number of ether oxygens (including phenoxy) is 2. The zero-order valence-corrected chi connectivity index (χ0v) is 9.05. The molecule has 0 amide bonds. The topological polar surface area (TPSA) is 30.5 Å². The van der Waals surface area contributed by atoms with Crippen molar-refractivity contribution in [1.29, 1.82) is 0 Å². The molecule has 0 heterocycles. The van der Waals surface area contributed by atoms with Crippen LogP contribution in [0.4, 0.5) is 0 Å². The average molecular weight is 199 g/mol. The molecule has 0 spiro atoms. The van der Waals surface area contributed by atoms with Crippen LogP contribution in [-0.4, -0.2) is 40.0 Å². The summed E-state index contributed by atoms with van der Waals surface area (Å²) in [6, 6.07) is 0. The van der Waals surface area contributed by atoms with Crippen molar-refractivity contribution in [2.45, 2.75) is 19.3 Å². The highest BCUT2D eigenvalue weighted by Crippen LogP contribution is 1.85. The summed E-state index contributed by atoms with van der Waals surface area (Å²) in [5.41, 5.74) is 0. The zero-order chi connectivity index (χ0) is 10.5. The molecule has 3 nitrogen and oxygen atoms in total. The van der Waals surface area contributed by atoms with Crippen molar-refractivity contribution in [1.82, 2.24) is 5.32 Å². The molecule has 0 aromatic heterocycles. The fraction of sp³-hybridized carbons (Fsp3) is 0.818. The molecule has 0 aromatic carbocycles. The van der Waals surface area contributed by atoms with Gasteiger partial charge in [0.05, 0.1) is 13.2 Å². The summed E-state index contributed by atoms with van der Waals surface area (Å²) >= 11 is 0. The van der Waals surface area contributed by atoms with Crippen molar-refractivity contribution in [3.05, 3.63) is 0 Å². The number of nitrogens with one attached hydrogen (secondary N) is 1. The zero-order valence-electron chi connectivity index (χ0n) is 9.05. The molecule has 0 aliphatic heterocycles. The molecule has 1 N–H and O–H groups in total. The summed E-state index contributed by atoms with van der Waals surface area (Å²) in [5.74, 6) is 2.61. The third-order valence-corrected chi connectivity index (χ3v) is 1.75. The fourth-order valence-electron chi connectivity index (χ4n) is 0.984. The van der Waals surface area contributed by atoms with Crippen LogP contribution < -0.4 is 5.32 Å². The van der Waals surface area contributed by atoms with Gasteiger partial charge in [0, 0.05) is 20.1 Å². The Labute approximate surface area is 87.2 Å². The third-order valence-electron chi connectivity index (χ3n) is 1.75. The average Bonchev–Trinajstić information content (AvgIpc) is 2.21. The van der Waals surface area contributed by atoms with Gasteiger partial charge in [0.15, 0.2) is 0 Å². The van der Waals surface area contributed by atoms with Gasteiger partial charge in [-0.2, -0.15) is 0 Å². The van der Waals surface area contributed by atoms with Gasteiger partial charge in [0.1, 0.15) is 0 Å². The van der Waals surface area contributed by atoms with Crippen molar-refractivity contribution >= 4 is 0 Å². The highest BCUT2D eigenvalue weighted by molar-refractivity contribution is 4.83.